The van der Waals surface area contributed by atoms with Crippen molar-refractivity contribution in [1.29, 1.82) is 5.26 Å². The first kappa shape index (κ1) is 14.7. The number of rotatable bonds is 3. The van der Waals surface area contributed by atoms with Crippen molar-refractivity contribution in [3.8, 4) is 6.07 Å². The molecule has 2 atom stereocenters. The molecule has 0 heterocycles. The zero-order chi connectivity index (χ0) is 12.9. The van der Waals surface area contributed by atoms with Gasteiger partial charge >= 0.3 is 6.09 Å². The Morgan fingerprint density at radius 3 is 2.25 bits per heavy atom. The maximum absolute atomic E-state index is 11.4. The minimum atomic E-state index is -1.23. The molecule has 5 heteroatoms. The standard InChI is InChI=1S/C11H20N2O3/c1-7(2)9(8(14)6-12)13-10(15)16-11(3,4)5/h7-9,14H,1-5H3,(H,13,15). The average Bonchev–Trinajstić information content (AvgIpc) is 2.09. The summed E-state index contributed by atoms with van der Waals surface area (Å²) >= 11 is 0. The van der Waals surface area contributed by atoms with E-state index >= 15 is 0 Å². The van der Waals surface area contributed by atoms with Gasteiger partial charge in [-0.1, -0.05) is 13.8 Å². The van der Waals surface area contributed by atoms with Crippen LogP contribution in [0.15, 0.2) is 0 Å². The number of aliphatic hydroxyl groups is 1. The van der Waals surface area contributed by atoms with E-state index in [1.165, 1.54) is 0 Å². The highest BCUT2D eigenvalue weighted by atomic mass is 16.6. The highest BCUT2D eigenvalue weighted by molar-refractivity contribution is 5.68. The molecule has 0 spiro atoms. The number of ether oxygens (including phenoxy) is 1. The largest absolute Gasteiger partial charge is 0.444 e. The fraction of sp³-hybridized carbons (Fsp3) is 0.818. The van der Waals surface area contributed by atoms with Crippen LogP contribution in [0.5, 0.6) is 0 Å². The fourth-order valence-corrected chi connectivity index (χ4v) is 1.13. The number of carbonyl (C=O) groups is 1. The number of nitrogens with zero attached hydrogens (tertiary/aromatic N) is 1. The summed E-state index contributed by atoms with van der Waals surface area (Å²) in [5.41, 5.74) is -0.594. The second-order valence-corrected chi connectivity index (χ2v) is 4.99. The number of hydrogen-bond donors (Lipinski definition) is 2. The molecule has 0 bridgehead atoms. The SMILES string of the molecule is CC(C)C(NC(=O)OC(C)(C)C)C(O)C#N. The highest BCUT2D eigenvalue weighted by Gasteiger charge is 2.26. The second-order valence-electron chi connectivity index (χ2n) is 4.99. The molecule has 16 heavy (non-hydrogen) atoms. The van der Waals surface area contributed by atoms with Gasteiger partial charge in [0, 0.05) is 0 Å². The molecule has 0 saturated carbocycles. The summed E-state index contributed by atoms with van der Waals surface area (Å²) in [5.74, 6) is -0.0535. The Balaban J connectivity index is 4.43. The Bertz CT molecular complexity index is 276. The molecule has 0 rings (SSSR count). The summed E-state index contributed by atoms with van der Waals surface area (Å²) in [7, 11) is 0. The summed E-state index contributed by atoms with van der Waals surface area (Å²) in [6, 6.07) is 1.07. The summed E-state index contributed by atoms with van der Waals surface area (Å²) in [5, 5.41) is 20.5. The minimum Gasteiger partial charge on any atom is -0.444 e. The van der Waals surface area contributed by atoms with Gasteiger partial charge in [-0.3, -0.25) is 0 Å². The first-order valence-electron chi connectivity index (χ1n) is 5.24. The molecule has 0 aromatic carbocycles. The van der Waals surface area contributed by atoms with Crippen molar-refractivity contribution in [2.45, 2.75) is 52.4 Å². The Morgan fingerprint density at radius 2 is 1.94 bits per heavy atom. The number of carbonyl (C=O) groups excluding carboxylic acids is 1. The molecule has 2 N–H and O–H groups in total. The molecule has 0 aliphatic heterocycles. The molecule has 0 saturated heterocycles. The third kappa shape index (κ3) is 5.56. The van der Waals surface area contributed by atoms with E-state index in [1.54, 1.807) is 26.8 Å². The molecule has 92 valence electrons. The van der Waals surface area contributed by atoms with Crippen LogP contribution in [0, 0.1) is 17.2 Å². The molecule has 5 nitrogen and oxygen atoms in total. The Morgan fingerprint density at radius 1 is 1.44 bits per heavy atom. The molecule has 0 aliphatic carbocycles. The van der Waals surface area contributed by atoms with Crippen molar-refractivity contribution < 1.29 is 14.6 Å². The number of hydrogen-bond acceptors (Lipinski definition) is 4. The molecule has 2 unspecified atom stereocenters. The third-order valence-electron chi connectivity index (χ3n) is 1.87. The third-order valence-corrected chi connectivity index (χ3v) is 1.87. The van der Waals surface area contributed by atoms with Gasteiger partial charge in [-0.15, -0.1) is 0 Å². The summed E-state index contributed by atoms with van der Waals surface area (Å²) in [4.78, 5) is 11.4. The van der Waals surface area contributed by atoms with E-state index in [0.29, 0.717) is 0 Å². The first-order chi connectivity index (χ1) is 7.17. The second kappa shape index (κ2) is 5.71. The summed E-state index contributed by atoms with van der Waals surface area (Å²) in [6.45, 7) is 8.86. The van der Waals surface area contributed by atoms with E-state index in [2.05, 4.69) is 5.32 Å². The van der Waals surface area contributed by atoms with E-state index < -0.39 is 23.8 Å². The maximum Gasteiger partial charge on any atom is 0.408 e. The lowest BCUT2D eigenvalue weighted by Gasteiger charge is -2.26. The number of alkyl carbamates (subject to hydrolysis) is 1. The van der Waals surface area contributed by atoms with Gasteiger partial charge in [0.1, 0.15) is 5.60 Å². The number of nitrogens with one attached hydrogen (secondary N) is 1. The molecular weight excluding hydrogens is 208 g/mol. The zero-order valence-corrected chi connectivity index (χ0v) is 10.4. The highest BCUT2D eigenvalue weighted by Crippen LogP contribution is 2.10. The maximum atomic E-state index is 11.4. The van der Waals surface area contributed by atoms with Crippen molar-refractivity contribution in [1.82, 2.24) is 5.32 Å². The van der Waals surface area contributed by atoms with Crippen LogP contribution in [-0.4, -0.2) is 28.9 Å². The van der Waals surface area contributed by atoms with E-state index in [9.17, 15) is 9.90 Å². The lowest BCUT2D eigenvalue weighted by molar-refractivity contribution is 0.0428. The Kier molecular flexibility index (Phi) is 5.25. The smallest absolute Gasteiger partial charge is 0.408 e. The molecule has 0 aliphatic rings. The normalized spacial score (nSPS) is 15.1. The van der Waals surface area contributed by atoms with Crippen LogP contribution in [0.1, 0.15) is 34.6 Å². The van der Waals surface area contributed by atoms with Crippen LogP contribution in [0.25, 0.3) is 0 Å². The predicted octanol–water partition coefficient (Wildman–Crippen LogP) is 1.42. The quantitative estimate of drug-likeness (QED) is 0.716. The number of aliphatic hydroxyl groups excluding tert-OH is 1. The number of nitriles is 1. The van der Waals surface area contributed by atoms with Gasteiger partial charge in [0.2, 0.25) is 0 Å². The van der Waals surface area contributed by atoms with Crippen molar-refractivity contribution >= 4 is 6.09 Å². The summed E-state index contributed by atoms with van der Waals surface area (Å²) < 4.78 is 5.04. The lowest BCUT2D eigenvalue weighted by atomic mass is 10.00. The Labute approximate surface area is 96.4 Å². The Hall–Kier alpha value is -1.28. The van der Waals surface area contributed by atoms with Crippen LogP contribution in [0.2, 0.25) is 0 Å². The van der Waals surface area contributed by atoms with Crippen LogP contribution in [0.3, 0.4) is 0 Å². The number of amides is 1. The first-order valence-corrected chi connectivity index (χ1v) is 5.24. The van der Waals surface area contributed by atoms with Crippen LogP contribution in [-0.2, 0) is 4.74 Å². The average molecular weight is 228 g/mol. The van der Waals surface area contributed by atoms with E-state index in [-0.39, 0.29) is 5.92 Å². The van der Waals surface area contributed by atoms with E-state index in [1.807, 2.05) is 13.8 Å². The van der Waals surface area contributed by atoms with Crippen molar-refractivity contribution in [2.24, 2.45) is 5.92 Å². The van der Waals surface area contributed by atoms with E-state index in [0.717, 1.165) is 0 Å². The van der Waals surface area contributed by atoms with Gasteiger partial charge in [-0.05, 0) is 26.7 Å². The predicted molar refractivity (Wildman–Crippen MR) is 59.6 cm³/mol. The van der Waals surface area contributed by atoms with Gasteiger partial charge < -0.3 is 15.2 Å². The molecular formula is C11H20N2O3. The van der Waals surface area contributed by atoms with Gasteiger partial charge in [-0.25, -0.2) is 4.79 Å². The summed E-state index contributed by atoms with van der Waals surface area (Å²) in [6.07, 6.45) is -1.85. The van der Waals surface area contributed by atoms with Gasteiger partial charge in [0.25, 0.3) is 0 Å². The zero-order valence-electron chi connectivity index (χ0n) is 10.4. The molecule has 0 fully saturated rings. The van der Waals surface area contributed by atoms with Crippen molar-refractivity contribution in [3.63, 3.8) is 0 Å². The van der Waals surface area contributed by atoms with Crippen LogP contribution >= 0.6 is 0 Å². The van der Waals surface area contributed by atoms with Crippen LogP contribution in [0.4, 0.5) is 4.79 Å². The molecule has 1 amide bonds. The molecule has 0 aromatic heterocycles. The fourth-order valence-electron chi connectivity index (χ4n) is 1.13. The topological polar surface area (TPSA) is 82.3 Å². The molecule has 0 radical (unpaired) electrons. The van der Waals surface area contributed by atoms with Crippen molar-refractivity contribution in [3.05, 3.63) is 0 Å². The van der Waals surface area contributed by atoms with Crippen LogP contribution < -0.4 is 5.32 Å². The lowest BCUT2D eigenvalue weighted by Crippen LogP contribution is -2.47. The van der Waals surface area contributed by atoms with Gasteiger partial charge in [-0.2, -0.15) is 5.26 Å². The monoisotopic (exact) mass is 228 g/mol. The minimum absolute atomic E-state index is 0.0535. The van der Waals surface area contributed by atoms with E-state index in [4.69, 9.17) is 10.00 Å². The molecule has 0 aromatic rings. The van der Waals surface area contributed by atoms with Crippen molar-refractivity contribution in [2.75, 3.05) is 0 Å². The van der Waals surface area contributed by atoms with Gasteiger partial charge in [0.15, 0.2) is 6.10 Å². The van der Waals surface area contributed by atoms with Gasteiger partial charge in [0.05, 0.1) is 12.1 Å².